The number of hydrogen-bond donors (Lipinski definition) is 0. The van der Waals surface area contributed by atoms with Crippen LogP contribution in [-0.4, -0.2) is 0 Å². The summed E-state index contributed by atoms with van der Waals surface area (Å²) < 4.78 is 0. The molecule has 9 aromatic rings. The number of fused-ring (bicyclic) bond motifs is 5. The molecule has 1 aliphatic carbocycles. The van der Waals surface area contributed by atoms with Crippen LogP contribution in [0, 0.1) is 0 Å². The first-order chi connectivity index (χ1) is 24.1. The maximum Gasteiger partial charge on any atom is 0.0159 e. The highest BCUT2D eigenvalue weighted by molar-refractivity contribution is 6.24. The Labute approximate surface area is 286 Å². The molecule has 230 valence electrons. The van der Waals surface area contributed by atoms with Gasteiger partial charge in [-0.05, 0) is 98.7 Å². The molecule has 0 saturated heterocycles. The van der Waals surface area contributed by atoms with Crippen LogP contribution in [0.25, 0.3) is 87.6 Å². The molecule has 0 nitrogen and oxygen atoms in total. The van der Waals surface area contributed by atoms with Gasteiger partial charge in [-0.3, -0.25) is 0 Å². The third kappa shape index (κ3) is 4.04. The van der Waals surface area contributed by atoms with Crippen molar-refractivity contribution in [2.45, 2.75) is 19.3 Å². The van der Waals surface area contributed by atoms with E-state index in [4.69, 9.17) is 0 Å². The molecule has 0 saturated carbocycles. The largest absolute Gasteiger partial charge is 0.0619 e. The van der Waals surface area contributed by atoms with E-state index in [-0.39, 0.29) is 5.41 Å². The van der Waals surface area contributed by atoms with Gasteiger partial charge in [0.25, 0.3) is 0 Å². The lowest BCUT2D eigenvalue weighted by Crippen LogP contribution is -2.23. The molecule has 0 bridgehead atoms. The van der Waals surface area contributed by atoms with Crippen molar-refractivity contribution in [2.75, 3.05) is 0 Å². The van der Waals surface area contributed by atoms with E-state index in [0.29, 0.717) is 0 Å². The summed E-state index contributed by atoms with van der Waals surface area (Å²) in [4.78, 5) is 0. The first-order valence-corrected chi connectivity index (χ1v) is 17.3. The molecule has 0 fully saturated rings. The molecule has 0 aromatic heterocycles. The summed E-state index contributed by atoms with van der Waals surface area (Å²) in [5.74, 6) is 0. The number of benzene rings is 9. The number of hydrogen-bond acceptors (Lipinski definition) is 0. The fourth-order valence-electron chi connectivity index (χ4n) is 8.80. The van der Waals surface area contributed by atoms with E-state index in [1.807, 2.05) is 0 Å². The molecule has 0 aliphatic heterocycles. The van der Waals surface area contributed by atoms with Gasteiger partial charge in [-0.2, -0.15) is 0 Å². The molecular weight excluding hydrogens is 589 g/mol. The standard InChI is InChI=1S/C49H34/c1-49(2)44-23-10-9-16-36(44)42-29-30-43(41-22-12-24-45(49)48(41)42)47-39-19-7-5-17-37(39)46(38-18-6-8-20-40(38)47)33-27-25-32(26-28-33)35-21-11-14-31-13-3-4-15-34(31)35/h3-30H,1-2H3. The molecule has 0 unspecified atom stereocenters. The average Bonchev–Trinajstić information content (AvgIpc) is 3.16. The Kier molecular flexibility index (Phi) is 6.02. The molecule has 0 heterocycles. The predicted molar refractivity (Wildman–Crippen MR) is 210 cm³/mol. The highest BCUT2D eigenvalue weighted by Crippen LogP contribution is 2.52. The van der Waals surface area contributed by atoms with Gasteiger partial charge in [0.1, 0.15) is 0 Å². The second-order valence-corrected chi connectivity index (χ2v) is 14.0. The molecule has 0 heteroatoms. The Hall–Kier alpha value is -5.98. The molecule has 0 radical (unpaired) electrons. The zero-order valence-corrected chi connectivity index (χ0v) is 27.7. The predicted octanol–water partition coefficient (Wildman–Crippen LogP) is 13.6. The Morgan fingerprint density at radius 1 is 0.306 bits per heavy atom. The van der Waals surface area contributed by atoms with Gasteiger partial charge in [0, 0.05) is 5.41 Å². The van der Waals surface area contributed by atoms with Gasteiger partial charge in [0.15, 0.2) is 0 Å². The van der Waals surface area contributed by atoms with E-state index in [1.165, 1.54) is 98.7 Å². The average molecular weight is 623 g/mol. The Morgan fingerprint density at radius 2 is 0.796 bits per heavy atom. The monoisotopic (exact) mass is 622 g/mol. The molecular formula is C49H34. The highest BCUT2D eigenvalue weighted by atomic mass is 14.4. The minimum absolute atomic E-state index is 0.0894. The van der Waals surface area contributed by atoms with Gasteiger partial charge >= 0.3 is 0 Å². The van der Waals surface area contributed by atoms with Crippen LogP contribution >= 0.6 is 0 Å². The van der Waals surface area contributed by atoms with Gasteiger partial charge in [-0.15, -0.1) is 0 Å². The maximum absolute atomic E-state index is 2.38. The first-order valence-electron chi connectivity index (χ1n) is 17.3. The second-order valence-electron chi connectivity index (χ2n) is 14.0. The Balaban J connectivity index is 1.23. The van der Waals surface area contributed by atoms with Gasteiger partial charge in [0.05, 0.1) is 0 Å². The molecule has 49 heavy (non-hydrogen) atoms. The van der Waals surface area contributed by atoms with Crippen molar-refractivity contribution in [1.82, 2.24) is 0 Å². The first kappa shape index (κ1) is 28.1. The Bertz CT molecular complexity index is 2720. The van der Waals surface area contributed by atoms with Crippen LogP contribution in [0.1, 0.15) is 25.0 Å². The van der Waals surface area contributed by atoms with Crippen LogP contribution in [0.15, 0.2) is 170 Å². The van der Waals surface area contributed by atoms with Crippen molar-refractivity contribution >= 4 is 43.1 Å². The van der Waals surface area contributed by atoms with Crippen molar-refractivity contribution in [3.63, 3.8) is 0 Å². The minimum Gasteiger partial charge on any atom is -0.0619 e. The molecule has 1 aliphatic rings. The van der Waals surface area contributed by atoms with E-state index in [1.54, 1.807) is 0 Å². The van der Waals surface area contributed by atoms with Crippen molar-refractivity contribution in [2.24, 2.45) is 0 Å². The molecule has 0 atom stereocenters. The van der Waals surface area contributed by atoms with Gasteiger partial charge < -0.3 is 0 Å². The molecule has 10 rings (SSSR count). The van der Waals surface area contributed by atoms with Gasteiger partial charge in [-0.25, -0.2) is 0 Å². The fourth-order valence-corrected chi connectivity index (χ4v) is 8.80. The summed E-state index contributed by atoms with van der Waals surface area (Å²) in [6.07, 6.45) is 0. The van der Waals surface area contributed by atoms with E-state index in [2.05, 4.69) is 184 Å². The second kappa shape index (κ2) is 10.5. The van der Waals surface area contributed by atoms with Crippen LogP contribution in [0.3, 0.4) is 0 Å². The summed E-state index contributed by atoms with van der Waals surface area (Å²) in [6, 6.07) is 63.1. The fraction of sp³-hybridized carbons (Fsp3) is 0.0612. The summed E-state index contributed by atoms with van der Waals surface area (Å²) in [6.45, 7) is 4.75. The summed E-state index contributed by atoms with van der Waals surface area (Å²) in [5, 5.41) is 10.4. The number of rotatable bonds is 3. The molecule has 0 spiro atoms. The summed E-state index contributed by atoms with van der Waals surface area (Å²) >= 11 is 0. The molecule has 0 N–H and O–H groups in total. The zero-order chi connectivity index (χ0) is 32.7. The van der Waals surface area contributed by atoms with Crippen molar-refractivity contribution in [3.05, 3.63) is 181 Å². The van der Waals surface area contributed by atoms with Gasteiger partial charge in [0.2, 0.25) is 0 Å². The normalized spacial score (nSPS) is 13.3. The van der Waals surface area contributed by atoms with Crippen LogP contribution in [0.5, 0.6) is 0 Å². The lowest BCUT2D eigenvalue weighted by Gasteiger charge is -2.35. The van der Waals surface area contributed by atoms with Crippen molar-refractivity contribution < 1.29 is 0 Å². The lowest BCUT2D eigenvalue weighted by molar-refractivity contribution is 0.645. The minimum atomic E-state index is -0.0894. The van der Waals surface area contributed by atoms with Crippen molar-refractivity contribution in [1.29, 1.82) is 0 Å². The van der Waals surface area contributed by atoms with E-state index >= 15 is 0 Å². The van der Waals surface area contributed by atoms with E-state index < -0.39 is 0 Å². The topological polar surface area (TPSA) is 0 Å². The molecule has 0 amide bonds. The van der Waals surface area contributed by atoms with Crippen LogP contribution in [-0.2, 0) is 5.41 Å². The van der Waals surface area contributed by atoms with E-state index in [0.717, 1.165) is 0 Å². The third-order valence-corrected chi connectivity index (χ3v) is 11.1. The summed E-state index contributed by atoms with van der Waals surface area (Å²) in [7, 11) is 0. The van der Waals surface area contributed by atoms with Crippen LogP contribution < -0.4 is 0 Å². The SMILES string of the molecule is CC1(C)c2ccccc2-c2ccc(-c3c4ccccc4c(-c4ccc(-c5cccc6ccccc56)cc4)c4ccccc34)c3cccc1c23. The maximum atomic E-state index is 2.38. The van der Waals surface area contributed by atoms with Crippen LogP contribution in [0.4, 0.5) is 0 Å². The lowest BCUT2D eigenvalue weighted by atomic mass is 9.68. The Morgan fingerprint density at radius 3 is 1.53 bits per heavy atom. The highest BCUT2D eigenvalue weighted by Gasteiger charge is 2.33. The van der Waals surface area contributed by atoms with E-state index in [9.17, 15) is 0 Å². The van der Waals surface area contributed by atoms with Gasteiger partial charge in [-0.1, -0.05) is 184 Å². The quantitative estimate of drug-likeness (QED) is 0.172. The smallest absolute Gasteiger partial charge is 0.0159 e. The summed E-state index contributed by atoms with van der Waals surface area (Å²) in [5.41, 5.74) is 13.0. The third-order valence-electron chi connectivity index (χ3n) is 11.1. The van der Waals surface area contributed by atoms with Crippen molar-refractivity contribution in [3.8, 4) is 44.5 Å². The van der Waals surface area contributed by atoms with Crippen LogP contribution in [0.2, 0.25) is 0 Å². The zero-order valence-electron chi connectivity index (χ0n) is 27.7. The molecule has 9 aromatic carbocycles.